The van der Waals surface area contributed by atoms with Gasteiger partial charge in [0.15, 0.2) is 0 Å². The number of nitrogens with one attached hydrogen (secondary N) is 3. The summed E-state index contributed by atoms with van der Waals surface area (Å²) in [5.74, 6) is 0.0515. The van der Waals surface area contributed by atoms with E-state index in [0.717, 1.165) is 5.56 Å². The van der Waals surface area contributed by atoms with E-state index in [1.165, 1.54) is 6.20 Å². The zero-order chi connectivity index (χ0) is 17.7. The van der Waals surface area contributed by atoms with Gasteiger partial charge in [-0.2, -0.15) is 10.5 Å². The Hall–Kier alpha value is -3.21. The van der Waals surface area contributed by atoms with Gasteiger partial charge in [-0.05, 0) is 50.6 Å². The van der Waals surface area contributed by atoms with Crippen molar-refractivity contribution in [2.24, 2.45) is 0 Å². The Morgan fingerprint density at radius 3 is 2.71 bits per heavy atom. The van der Waals surface area contributed by atoms with Gasteiger partial charge in [0.1, 0.15) is 11.6 Å². The number of allylic oxidation sites excluding steroid dienone is 1. The fraction of sp³-hybridized carbons (Fsp3) is 0.312. The second-order valence-electron chi connectivity index (χ2n) is 6.23. The molecule has 2 rings (SSSR count). The lowest BCUT2D eigenvalue weighted by atomic mass is 10.0. The van der Waals surface area contributed by atoms with Crippen molar-refractivity contribution in [2.45, 2.75) is 33.2 Å². The largest absolute Gasteiger partial charge is 0.360 e. The summed E-state index contributed by atoms with van der Waals surface area (Å²) in [6.07, 6.45) is 1.48. The average molecular weight is 325 g/mol. The first-order valence-corrected chi connectivity index (χ1v) is 7.34. The molecule has 2 aromatic rings. The van der Waals surface area contributed by atoms with E-state index in [9.17, 15) is 10.1 Å². The molecule has 1 aromatic heterocycles. The Labute approximate surface area is 140 Å². The van der Waals surface area contributed by atoms with Gasteiger partial charge in [0, 0.05) is 23.0 Å². The number of carbonyl (C=O) groups excluding carboxylic acids is 1. The lowest BCUT2D eigenvalue weighted by Gasteiger charge is -2.21. The summed E-state index contributed by atoms with van der Waals surface area (Å²) in [6.45, 7) is 7.62. The highest BCUT2D eigenvalue weighted by Crippen LogP contribution is 2.20. The summed E-state index contributed by atoms with van der Waals surface area (Å²) < 4.78 is 0. The van der Waals surface area contributed by atoms with Gasteiger partial charge in [0.25, 0.3) is 5.91 Å². The van der Waals surface area contributed by atoms with Crippen molar-refractivity contribution in [1.82, 2.24) is 25.9 Å². The number of tetrazole rings is 1. The monoisotopic (exact) mass is 325 g/mol. The number of nitriles is 1. The van der Waals surface area contributed by atoms with E-state index in [4.69, 9.17) is 0 Å². The van der Waals surface area contributed by atoms with Gasteiger partial charge in [0.2, 0.25) is 5.82 Å². The van der Waals surface area contributed by atoms with Crippen molar-refractivity contribution in [3.05, 3.63) is 41.4 Å². The Balaban J connectivity index is 2.25. The summed E-state index contributed by atoms with van der Waals surface area (Å²) >= 11 is 0. The van der Waals surface area contributed by atoms with Gasteiger partial charge in [-0.25, -0.2) is 0 Å². The first-order valence-electron chi connectivity index (χ1n) is 7.34. The van der Waals surface area contributed by atoms with Crippen LogP contribution in [0.15, 0.2) is 24.4 Å². The third-order valence-electron chi connectivity index (χ3n) is 3.15. The van der Waals surface area contributed by atoms with E-state index < -0.39 is 0 Å². The van der Waals surface area contributed by atoms with Gasteiger partial charge < -0.3 is 10.6 Å². The van der Waals surface area contributed by atoms with Crippen molar-refractivity contribution in [3.63, 3.8) is 0 Å². The molecule has 3 N–H and O–H groups in total. The molecule has 0 atom stereocenters. The molecule has 0 radical (unpaired) electrons. The maximum absolute atomic E-state index is 12.4. The molecule has 0 fully saturated rings. The lowest BCUT2D eigenvalue weighted by Crippen LogP contribution is -2.40. The molecular weight excluding hydrogens is 306 g/mol. The second-order valence-corrected chi connectivity index (χ2v) is 6.23. The second kappa shape index (κ2) is 6.91. The van der Waals surface area contributed by atoms with Crippen LogP contribution in [0, 0.1) is 18.3 Å². The highest BCUT2D eigenvalue weighted by Gasteiger charge is 2.17. The van der Waals surface area contributed by atoms with Crippen LogP contribution in [0.5, 0.6) is 0 Å². The molecule has 0 saturated carbocycles. The van der Waals surface area contributed by atoms with Gasteiger partial charge in [0.05, 0.1) is 0 Å². The van der Waals surface area contributed by atoms with Gasteiger partial charge in [-0.3, -0.25) is 4.79 Å². The number of rotatable bonds is 4. The fourth-order valence-electron chi connectivity index (χ4n) is 2.02. The maximum Gasteiger partial charge on any atom is 0.252 e. The molecule has 0 aliphatic heterocycles. The van der Waals surface area contributed by atoms with Crippen LogP contribution in [-0.4, -0.2) is 32.1 Å². The van der Waals surface area contributed by atoms with Crippen molar-refractivity contribution in [1.29, 1.82) is 5.26 Å². The minimum atomic E-state index is -0.320. The highest BCUT2D eigenvalue weighted by atomic mass is 16.1. The van der Waals surface area contributed by atoms with Crippen molar-refractivity contribution in [2.75, 3.05) is 5.32 Å². The molecule has 8 heteroatoms. The summed E-state index contributed by atoms with van der Waals surface area (Å²) in [6, 6.07) is 7.36. The van der Waals surface area contributed by atoms with Crippen molar-refractivity contribution < 1.29 is 4.79 Å². The molecule has 0 bridgehead atoms. The number of nitrogens with zero attached hydrogens (tertiary/aromatic N) is 4. The maximum atomic E-state index is 12.4. The number of hydrogen-bond donors (Lipinski definition) is 3. The van der Waals surface area contributed by atoms with Crippen molar-refractivity contribution in [3.8, 4) is 6.07 Å². The number of aromatic amines is 1. The van der Waals surface area contributed by atoms with Crippen LogP contribution in [0.1, 0.15) is 42.5 Å². The molecule has 0 aliphatic carbocycles. The number of amides is 1. The topological polar surface area (TPSA) is 119 Å². The van der Waals surface area contributed by atoms with E-state index in [1.54, 1.807) is 12.1 Å². The Morgan fingerprint density at radius 2 is 2.12 bits per heavy atom. The van der Waals surface area contributed by atoms with E-state index in [2.05, 4.69) is 31.3 Å². The number of anilines is 1. The summed E-state index contributed by atoms with van der Waals surface area (Å²) in [5, 5.41) is 28.4. The normalized spacial score (nSPS) is 11.7. The molecule has 8 nitrogen and oxygen atoms in total. The highest BCUT2D eigenvalue weighted by molar-refractivity contribution is 5.97. The first-order chi connectivity index (χ1) is 11.3. The summed E-state index contributed by atoms with van der Waals surface area (Å²) in [4.78, 5) is 12.4. The van der Waals surface area contributed by atoms with Crippen LogP contribution < -0.4 is 10.6 Å². The summed E-state index contributed by atoms with van der Waals surface area (Å²) in [7, 11) is 0. The molecule has 1 amide bonds. The van der Waals surface area contributed by atoms with Gasteiger partial charge in [-0.15, -0.1) is 10.2 Å². The molecule has 0 aliphatic rings. The van der Waals surface area contributed by atoms with E-state index in [1.807, 2.05) is 39.8 Å². The predicted molar refractivity (Wildman–Crippen MR) is 89.8 cm³/mol. The van der Waals surface area contributed by atoms with E-state index in [-0.39, 0.29) is 22.8 Å². The zero-order valence-electron chi connectivity index (χ0n) is 14.0. The SMILES string of the molecule is Cc1c(NC=C(C#N)c2nn[nH]n2)cccc1C(=O)NC(C)(C)C. The van der Waals surface area contributed by atoms with E-state index in [0.29, 0.717) is 11.3 Å². The van der Waals surface area contributed by atoms with Crippen LogP contribution in [0.2, 0.25) is 0 Å². The molecule has 0 saturated heterocycles. The minimum Gasteiger partial charge on any atom is -0.360 e. The molecule has 0 spiro atoms. The molecule has 124 valence electrons. The van der Waals surface area contributed by atoms with E-state index >= 15 is 0 Å². The standard InChI is InChI=1S/C16H19N7O/c1-10-12(15(24)19-16(2,3)4)6-5-7-13(10)18-9-11(8-17)14-20-22-23-21-14/h5-7,9,18H,1-4H3,(H,19,24)(H,20,21,22,23). The zero-order valence-corrected chi connectivity index (χ0v) is 14.0. The number of hydrogen-bond acceptors (Lipinski definition) is 6. The number of H-pyrrole nitrogens is 1. The Bertz CT molecular complexity index is 795. The smallest absolute Gasteiger partial charge is 0.252 e. The third-order valence-corrected chi connectivity index (χ3v) is 3.15. The van der Waals surface area contributed by atoms with Crippen LogP contribution in [-0.2, 0) is 0 Å². The molecule has 1 aromatic carbocycles. The third kappa shape index (κ3) is 4.16. The van der Waals surface area contributed by atoms with Crippen LogP contribution in [0.3, 0.4) is 0 Å². The van der Waals surface area contributed by atoms with Crippen LogP contribution >= 0.6 is 0 Å². The van der Waals surface area contributed by atoms with Crippen LogP contribution in [0.4, 0.5) is 5.69 Å². The average Bonchev–Trinajstić information content (AvgIpc) is 3.01. The number of carbonyl (C=O) groups is 1. The quantitative estimate of drug-likeness (QED) is 0.740. The van der Waals surface area contributed by atoms with Gasteiger partial charge >= 0.3 is 0 Å². The number of benzene rings is 1. The van der Waals surface area contributed by atoms with Crippen LogP contribution in [0.25, 0.3) is 5.57 Å². The van der Waals surface area contributed by atoms with Crippen molar-refractivity contribution >= 4 is 17.2 Å². The first kappa shape index (κ1) is 17.1. The Morgan fingerprint density at radius 1 is 1.38 bits per heavy atom. The predicted octanol–water partition coefficient (Wildman–Crippen LogP) is 2.01. The Kier molecular flexibility index (Phi) is 4.94. The molecule has 0 unspecified atom stereocenters. The fourth-order valence-corrected chi connectivity index (χ4v) is 2.02. The number of aromatic nitrogens is 4. The van der Waals surface area contributed by atoms with Gasteiger partial charge in [-0.1, -0.05) is 6.07 Å². The molecular formula is C16H19N7O. The molecule has 24 heavy (non-hydrogen) atoms. The molecule has 1 heterocycles. The minimum absolute atomic E-state index is 0.147. The summed E-state index contributed by atoms with van der Waals surface area (Å²) in [5.41, 5.74) is 1.97. The lowest BCUT2D eigenvalue weighted by molar-refractivity contribution is 0.0919.